The van der Waals surface area contributed by atoms with E-state index in [0.29, 0.717) is 0 Å². The molecular formula is C16H20N6O. The van der Waals surface area contributed by atoms with E-state index in [9.17, 15) is 4.79 Å². The number of tetrazole rings is 1. The number of hydrogen-bond donors (Lipinski definition) is 2. The summed E-state index contributed by atoms with van der Waals surface area (Å²) in [6, 6.07) is 5.82. The van der Waals surface area contributed by atoms with Crippen LogP contribution in [0.15, 0.2) is 24.5 Å². The molecule has 1 spiro atoms. The van der Waals surface area contributed by atoms with E-state index in [2.05, 4.69) is 26.2 Å². The molecule has 7 heteroatoms. The van der Waals surface area contributed by atoms with Crippen LogP contribution in [-0.2, 0) is 4.79 Å². The second-order valence-electron chi connectivity index (χ2n) is 6.61. The first-order chi connectivity index (χ1) is 11.2. The van der Waals surface area contributed by atoms with Gasteiger partial charge in [-0.15, -0.1) is 5.10 Å². The summed E-state index contributed by atoms with van der Waals surface area (Å²) >= 11 is 0. The lowest BCUT2D eigenvalue weighted by Crippen LogP contribution is -2.31. The van der Waals surface area contributed by atoms with Gasteiger partial charge in [0.25, 0.3) is 0 Å². The number of nitrogens with one attached hydrogen (secondary N) is 2. The van der Waals surface area contributed by atoms with Crippen LogP contribution in [-0.4, -0.2) is 39.2 Å². The van der Waals surface area contributed by atoms with Gasteiger partial charge in [-0.1, -0.05) is 6.07 Å². The van der Waals surface area contributed by atoms with Crippen molar-refractivity contribution in [3.8, 4) is 5.69 Å². The fourth-order valence-corrected chi connectivity index (χ4v) is 3.63. The van der Waals surface area contributed by atoms with Gasteiger partial charge in [0.05, 0.1) is 5.69 Å². The molecule has 2 heterocycles. The maximum Gasteiger partial charge on any atom is 0.228 e. The summed E-state index contributed by atoms with van der Waals surface area (Å²) in [6.45, 7) is 4.04. The van der Waals surface area contributed by atoms with Gasteiger partial charge in [-0.25, -0.2) is 4.68 Å². The maximum absolute atomic E-state index is 12.6. The molecule has 1 aromatic carbocycles. The predicted molar refractivity (Wildman–Crippen MR) is 85.2 cm³/mol. The highest BCUT2D eigenvalue weighted by Crippen LogP contribution is 2.58. The number of aromatic nitrogens is 4. The lowest BCUT2D eigenvalue weighted by Gasteiger charge is -2.23. The third kappa shape index (κ3) is 2.61. The average molecular weight is 312 g/mol. The lowest BCUT2D eigenvalue weighted by atomic mass is 9.92. The average Bonchev–Trinajstić information content (AvgIpc) is 2.99. The molecular weight excluding hydrogens is 292 g/mol. The minimum absolute atomic E-state index is 0.137. The molecule has 0 bridgehead atoms. The quantitative estimate of drug-likeness (QED) is 0.892. The molecule has 1 saturated heterocycles. The molecule has 7 nitrogen and oxygen atoms in total. The third-order valence-corrected chi connectivity index (χ3v) is 5.18. The molecule has 4 rings (SSSR count). The van der Waals surface area contributed by atoms with Crippen molar-refractivity contribution in [2.75, 3.05) is 18.4 Å². The van der Waals surface area contributed by atoms with Gasteiger partial charge in [-0.05, 0) is 72.8 Å². The van der Waals surface area contributed by atoms with E-state index in [-0.39, 0.29) is 17.2 Å². The molecule has 0 radical (unpaired) electrons. The zero-order valence-corrected chi connectivity index (χ0v) is 13.1. The molecule has 1 aromatic heterocycles. The number of carbonyl (C=O) groups is 1. The molecule has 2 N–H and O–H groups in total. The van der Waals surface area contributed by atoms with Gasteiger partial charge in [-0.3, -0.25) is 4.79 Å². The van der Waals surface area contributed by atoms with Crippen LogP contribution in [0.4, 0.5) is 5.69 Å². The van der Waals surface area contributed by atoms with Crippen molar-refractivity contribution in [2.24, 2.45) is 11.3 Å². The summed E-state index contributed by atoms with van der Waals surface area (Å²) < 4.78 is 1.61. The molecule has 2 aliphatic rings. The molecule has 23 heavy (non-hydrogen) atoms. The SMILES string of the molecule is Cc1ccc(NC(=O)C2CC23CCNCC3)cc1-n1cnnn1. The minimum atomic E-state index is 0.137. The fraction of sp³-hybridized carbons (Fsp3) is 0.500. The zero-order chi connectivity index (χ0) is 15.9. The highest BCUT2D eigenvalue weighted by Gasteiger charge is 2.57. The Morgan fingerprint density at radius 3 is 2.96 bits per heavy atom. The molecule has 1 unspecified atom stereocenters. The van der Waals surface area contributed by atoms with Crippen LogP contribution >= 0.6 is 0 Å². The van der Waals surface area contributed by atoms with E-state index < -0.39 is 0 Å². The van der Waals surface area contributed by atoms with E-state index in [4.69, 9.17) is 0 Å². The molecule has 1 aliphatic heterocycles. The largest absolute Gasteiger partial charge is 0.326 e. The summed E-state index contributed by atoms with van der Waals surface area (Å²) in [4.78, 5) is 12.6. The molecule has 120 valence electrons. The molecule has 2 aromatic rings. The Kier molecular flexibility index (Phi) is 3.37. The number of carbonyl (C=O) groups excluding carboxylic acids is 1. The second-order valence-corrected chi connectivity index (χ2v) is 6.61. The topological polar surface area (TPSA) is 84.7 Å². The number of piperidine rings is 1. The molecule has 1 amide bonds. The number of rotatable bonds is 3. The molecule has 1 saturated carbocycles. The van der Waals surface area contributed by atoms with Crippen molar-refractivity contribution in [3.05, 3.63) is 30.1 Å². The van der Waals surface area contributed by atoms with Crippen molar-refractivity contribution in [1.29, 1.82) is 0 Å². The second kappa shape index (κ2) is 5.42. The number of aryl methyl sites for hydroxylation is 1. The van der Waals surface area contributed by atoms with Crippen LogP contribution in [0.5, 0.6) is 0 Å². The highest BCUT2D eigenvalue weighted by molar-refractivity contribution is 5.95. The van der Waals surface area contributed by atoms with E-state index in [1.165, 1.54) is 0 Å². The van der Waals surface area contributed by atoms with Crippen molar-refractivity contribution >= 4 is 11.6 Å². The normalized spacial score (nSPS) is 22.0. The molecule has 1 atom stereocenters. The first-order valence-corrected chi connectivity index (χ1v) is 8.04. The van der Waals surface area contributed by atoms with Gasteiger partial charge in [0.15, 0.2) is 0 Å². The number of benzene rings is 1. The van der Waals surface area contributed by atoms with E-state index >= 15 is 0 Å². The van der Waals surface area contributed by atoms with Crippen LogP contribution in [0.2, 0.25) is 0 Å². The summed E-state index contributed by atoms with van der Waals surface area (Å²) in [5.41, 5.74) is 2.97. The maximum atomic E-state index is 12.6. The summed E-state index contributed by atoms with van der Waals surface area (Å²) in [5.74, 6) is 0.292. The predicted octanol–water partition coefficient (Wildman–Crippen LogP) is 1.30. The lowest BCUT2D eigenvalue weighted by molar-refractivity contribution is -0.118. The Labute approximate surface area is 134 Å². The Hall–Kier alpha value is -2.28. The Balaban J connectivity index is 1.49. The van der Waals surface area contributed by atoms with Gasteiger partial charge in [0, 0.05) is 11.6 Å². The Morgan fingerprint density at radius 1 is 1.39 bits per heavy atom. The molecule has 2 fully saturated rings. The summed E-state index contributed by atoms with van der Waals surface area (Å²) in [5, 5.41) is 17.7. The minimum Gasteiger partial charge on any atom is -0.326 e. The van der Waals surface area contributed by atoms with Gasteiger partial charge < -0.3 is 10.6 Å². The van der Waals surface area contributed by atoms with Crippen LogP contribution in [0.1, 0.15) is 24.8 Å². The van der Waals surface area contributed by atoms with Crippen LogP contribution < -0.4 is 10.6 Å². The number of anilines is 1. The van der Waals surface area contributed by atoms with Crippen LogP contribution in [0.25, 0.3) is 5.69 Å². The first-order valence-electron chi connectivity index (χ1n) is 8.04. The highest BCUT2D eigenvalue weighted by atomic mass is 16.2. The van der Waals surface area contributed by atoms with E-state index in [1.807, 2.05) is 25.1 Å². The smallest absolute Gasteiger partial charge is 0.228 e. The number of amides is 1. The Bertz CT molecular complexity index is 720. The van der Waals surface area contributed by atoms with Crippen LogP contribution in [0.3, 0.4) is 0 Å². The summed E-state index contributed by atoms with van der Waals surface area (Å²) in [7, 11) is 0. The molecule has 1 aliphatic carbocycles. The standard InChI is InChI=1S/C16H20N6O/c1-11-2-3-12(8-14(11)22-10-18-20-21-22)19-15(23)13-9-16(13)4-6-17-7-5-16/h2-3,8,10,13,17H,4-7,9H2,1H3,(H,19,23). The van der Waals surface area contributed by atoms with Gasteiger partial charge in [0.2, 0.25) is 5.91 Å². The Morgan fingerprint density at radius 2 is 2.22 bits per heavy atom. The monoisotopic (exact) mass is 312 g/mol. The van der Waals surface area contributed by atoms with Crippen molar-refractivity contribution in [1.82, 2.24) is 25.5 Å². The van der Waals surface area contributed by atoms with Crippen molar-refractivity contribution in [3.63, 3.8) is 0 Å². The number of nitrogens with zero attached hydrogens (tertiary/aromatic N) is 4. The van der Waals surface area contributed by atoms with Gasteiger partial charge in [-0.2, -0.15) is 0 Å². The van der Waals surface area contributed by atoms with Crippen molar-refractivity contribution < 1.29 is 4.79 Å². The third-order valence-electron chi connectivity index (χ3n) is 5.18. The van der Waals surface area contributed by atoms with Crippen molar-refractivity contribution in [2.45, 2.75) is 26.2 Å². The van der Waals surface area contributed by atoms with E-state index in [0.717, 1.165) is 49.3 Å². The fourth-order valence-electron chi connectivity index (χ4n) is 3.63. The summed E-state index contributed by atoms with van der Waals surface area (Å²) in [6.07, 6.45) is 4.79. The van der Waals surface area contributed by atoms with Gasteiger partial charge in [0.1, 0.15) is 6.33 Å². The van der Waals surface area contributed by atoms with E-state index in [1.54, 1.807) is 11.0 Å². The number of hydrogen-bond acceptors (Lipinski definition) is 5. The first kappa shape index (κ1) is 14.3. The zero-order valence-electron chi connectivity index (χ0n) is 13.1. The van der Waals surface area contributed by atoms with Gasteiger partial charge >= 0.3 is 0 Å². The van der Waals surface area contributed by atoms with Crippen LogP contribution in [0, 0.1) is 18.3 Å².